The molecule has 2 aliphatic carbocycles. The predicted molar refractivity (Wildman–Crippen MR) is 249 cm³/mol. The van der Waals surface area contributed by atoms with Crippen molar-refractivity contribution in [3.8, 4) is 44.9 Å². The summed E-state index contributed by atoms with van der Waals surface area (Å²) in [5.74, 6) is 1.77. The molecule has 1 spiro atoms. The van der Waals surface area contributed by atoms with Crippen molar-refractivity contribution < 1.29 is 9.15 Å². The van der Waals surface area contributed by atoms with Gasteiger partial charge in [-0.2, -0.15) is 0 Å². The van der Waals surface area contributed by atoms with Crippen molar-refractivity contribution in [2.75, 3.05) is 4.90 Å². The largest absolute Gasteiger partial charge is 0.457 e. The number of nitrogens with zero attached hydrogens (tertiary/aromatic N) is 1. The van der Waals surface area contributed by atoms with E-state index in [4.69, 9.17) is 9.15 Å². The van der Waals surface area contributed by atoms with Crippen LogP contribution in [0.4, 0.5) is 17.1 Å². The smallest absolute Gasteiger partial charge is 0.136 e. The second kappa shape index (κ2) is 12.5. The van der Waals surface area contributed by atoms with Gasteiger partial charge in [-0.05, 0) is 122 Å². The number of para-hydroxylation sites is 3. The maximum atomic E-state index is 6.84. The maximum Gasteiger partial charge on any atom is 0.136 e. The average molecular weight is 782 g/mol. The van der Waals surface area contributed by atoms with E-state index in [1.165, 1.54) is 44.5 Å². The number of hydrogen-bond donors (Lipinski definition) is 0. The SMILES string of the molecule is CC1(C)c2ccccc2-c2ccc(N(c3ccccc3)c3cccc(-c4cccc5oc6cc7c(cc6c45)C4(c5ccccc5Oc5ccccc54)c4ccccc4-7)c3)cc21. The van der Waals surface area contributed by atoms with Gasteiger partial charge in [0, 0.05) is 44.4 Å². The van der Waals surface area contributed by atoms with Crippen molar-refractivity contribution in [2.24, 2.45) is 0 Å². The highest BCUT2D eigenvalue weighted by molar-refractivity contribution is 6.14. The van der Waals surface area contributed by atoms with Crippen LogP contribution in [0, 0.1) is 0 Å². The van der Waals surface area contributed by atoms with Crippen LogP contribution in [-0.2, 0) is 10.8 Å². The molecule has 0 amide bonds. The summed E-state index contributed by atoms with van der Waals surface area (Å²) in [4.78, 5) is 2.39. The molecule has 61 heavy (non-hydrogen) atoms. The number of rotatable bonds is 4. The van der Waals surface area contributed by atoms with Crippen molar-refractivity contribution >= 4 is 39.0 Å². The average Bonchev–Trinajstić information content (AvgIpc) is 3.89. The fraction of sp³-hybridized carbons (Fsp3) is 0.0690. The molecule has 0 radical (unpaired) electrons. The molecule has 9 aromatic carbocycles. The van der Waals surface area contributed by atoms with Crippen molar-refractivity contribution in [2.45, 2.75) is 24.7 Å². The number of hydrogen-bond acceptors (Lipinski definition) is 3. The van der Waals surface area contributed by atoms with Crippen molar-refractivity contribution in [3.63, 3.8) is 0 Å². The number of benzene rings is 9. The van der Waals surface area contributed by atoms with Crippen LogP contribution < -0.4 is 9.64 Å². The lowest BCUT2D eigenvalue weighted by Crippen LogP contribution is -2.32. The normalized spacial score (nSPS) is 14.5. The molecule has 1 aliphatic heterocycles. The third kappa shape index (κ3) is 4.63. The third-order valence-corrected chi connectivity index (χ3v) is 13.7. The highest BCUT2D eigenvalue weighted by Crippen LogP contribution is 2.63. The molecule has 0 unspecified atom stereocenters. The molecule has 0 N–H and O–H groups in total. The summed E-state index contributed by atoms with van der Waals surface area (Å²) in [7, 11) is 0. The van der Waals surface area contributed by atoms with Gasteiger partial charge in [0.15, 0.2) is 0 Å². The summed E-state index contributed by atoms with van der Waals surface area (Å²) in [5.41, 5.74) is 19.3. The summed E-state index contributed by atoms with van der Waals surface area (Å²) >= 11 is 0. The van der Waals surface area contributed by atoms with Gasteiger partial charge >= 0.3 is 0 Å². The Morgan fingerprint density at radius 2 is 0.967 bits per heavy atom. The molecular weight excluding hydrogens is 743 g/mol. The minimum absolute atomic E-state index is 0.112. The molecule has 10 aromatic rings. The minimum Gasteiger partial charge on any atom is -0.457 e. The molecule has 0 saturated carbocycles. The van der Waals surface area contributed by atoms with Gasteiger partial charge < -0.3 is 14.1 Å². The molecule has 0 bridgehead atoms. The molecule has 3 heteroatoms. The lowest BCUT2D eigenvalue weighted by Gasteiger charge is -2.39. The summed E-state index contributed by atoms with van der Waals surface area (Å²) in [6.45, 7) is 4.70. The number of furan rings is 1. The molecule has 2 heterocycles. The molecule has 3 nitrogen and oxygen atoms in total. The van der Waals surface area contributed by atoms with Crippen molar-refractivity contribution in [3.05, 3.63) is 234 Å². The zero-order chi connectivity index (χ0) is 40.5. The van der Waals surface area contributed by atoms with Crippen LogP contribution in [0.25, 0.3) is 55.3 Å². The molecule has 3 aliphatic rings. The van der Waals surface area contributed by atoms with E-state index >= 15 is 0 Å². The molecule has 288 valence electrons. The van der Waals surface area contributed by atoms with Crippen LogP contribution in [0.15, 0.2) is 205 Å². The van der Waals surface area contributed by atoms with E-state index < -0.39 is 5.41 Å². The molecule has 1 aromatic heterocycles. The van der Waals surface area contributed by atoms with Gasteiger partial charge in [0.1, 0.15) is 22.7 Å². The Bertz CT molecular complexity index is 3400. The third-order valence-electron chi connectivity index (χ3n) is 13.7. The second-order valence-corrected chi connectivity index (χ2v) is 17.2. The van der Waals surface area contributed by atoms with Crippen molar-refractivity contribution in [1.82, 2.24) is 0 Å². The lowest BCUT2D eigenvalue weighted by molar-refractivity contribution is 0.436. The summed E-state index contributed by atoms with van der Waals surface area (Å²) in [6, 6.07) is 72.7. The van der Waals surface area contributed by atoms with E-state index in [0.717, 1.165) is 72.8 Å². The number of fused-ring (bicyclic) bond motifs is 15. The first-order valence-corrected chi connectivity index (χ1v) is 21.2. The Kier molecular flexibility index (Phi) is 6.99. The Morgan fingerprint density at radius 3 is 1.74 bits per heavy atom. The van der Waals surface area contributed by atoms with Crippen LogP contribution in [-0.4, -0.2) is 0 Å². The van der Waals surface area contributed by atoms with Gasteiger partial charge in [0.2, 0.25) is 0 Å². The van der Waals surface area contributed by atoms with E-state index in [1.807, 2.05) is 0 Å². The van der Waals surface area contributed by atoms with Crippen LogP contribution >= 0.6 is 0 Å². The van der Waals surface area contributed by atoms with E-state index in [1.54, 1.807) is 0 Å². The summed E-state index contributed by atoms with van der Waals surface area (Å²) < 4.78 is 13.5. The maximum absolute atomic E-state index is 6.84. The molecule has 0 fully saturated rings. The van der Waals surface area contributed by atoms with Gasteiger partial charge in [-0.3, -0.25) is 0 Å². The fourth-order valence-electron chi connectivity index (χ4n) is 11.1. The second-order valence-electron chi connectivity index (χ2n) is 17.2. The lowest BCUT2D eigenvalue weighted by atomic mass is 9.66. The Labute approximate surface area is 354 Å². The van der Waals surface area contributed by atoms with E-state index in [9.17, 15) is 0 Å². The summed E-state index contributed by atoms with van der Waals surface area (Å²) in [5, 5.41) is 2.21. The van der Waals surface area contributed by atoms with Crippen LogP contribution in [0.2, 0.25) is 0 Å². The van der Waals surface area contributed by atoms with Gasteiger partial charge in [-0.15, -0.1) is 0 Å². The first-order chi connectivity index (χ1) is 30.0. The van der Waals surface area contributed by atoms with Crippen LogP contribution in [0.3, 0.4) is 0 Å². The molecular formula is C58H39NO2. The Morgan fingerprint density at radius 1 is 0.377 bits per heavy atom. The summed E-state index contributed by atoms with van der Waals surface area (Å²) in [6.07, 6.45) is 0. The first-order valence-electron chi connectivity index (χ1n) is 21.2. The minimum atomic E-state index is -0.564. The number of anilines is 3. The number of ether oxygens (including phenoxy) is 1. The molecule has 0 atom stereocenters. The van der Waals surface area contributed by atoms with Crippen LogP contribution in [0.5, 0.6) is 11.5 Å². The fourth-order valence-corrected chi connectivity index (χ4v) is 11.1. The van der Waals surface area contributed by atoms with Gasteiger partial charge in [-0.1, -0.05) is 147 Å². The van der Waals surface area contributed by atoms with E-state index in [0.29, 0.717) is 0 Å². The highest BCUT2D eigenvalue weighted by atomic mass is 16.5. The van der Waals surface area contributed by atoms with Gasteiger partial charge in [-0.25, -0.2) is 0 Å². The van der Waals surface area contributed by atoms with Gasteiger partial charge in [0.25, 0.3) is 0 Å². The van der Waals surface area contributed by atoms with Crippen LogP contribution in [0.1, 0.15) is 47.2 Å². The zero-order valence-corrected chi connectivity index (χ0v) is 33.8. The predicted octanol–water partition coefficient (Wildman–Crippen LogP) is 15.5. The monoisotopic (exact) mass is 781 g/mol. The standard InChI is InChI=1S/C58H39NO2/c1-57(2)46-23-8-6-20-41(46)43-31-30-39(33-50(43)57)59(37-17-4-3-5-18-37)38-19-14-16-36(32-38)40-22-15-29-54-56(40)45-34-51-44(35-55(45)61-54)42-21-7-9-24-47(42)58(51)48-25-10-12-27-52(48)60-53-28-13-11-26-49(53)58/h3-35H,1-2H3. The molecule has 0 saturated heterocycles. The molecule has 13 rings (SSSR count). The quantitative estimate of drug-likeness (QED) is 0.178. The zero-order valence-electron chi connectivity index (χ0n) is 33.8. The highest BCUT2D eigenvalue weighted by Gasteiger charge is 2.51. The van der Waals surface area contributed by atoms with Crippen molar-refractivity contribution in [1.29, 1.82) is 0 Å². The van der Waals surface area contributed by atoms with Gasteiger partial charge in [0.05, 0.1) is 5.41 Å². The van der Waals surface area contributed by atoms with E-state index in [-0.39, 0.29) is 5.41 Å². The topological polar surface area (TPSA) is 25.6 Å². The van der Waals surface area contributed by atoms with E-state index in [2.05, 4.69) is 219 Å². The first kappa shape index (κ1) is 34.3. The Hall–Kier alpha value is -7.62. The Balaban J connectivity index is 1.01.